The van der Waals surface area contributed by atoms with Crippen molar-refractivity contribution in [3.05, 3.63) is 13.2 Å². The van der Waals surface area contributed by atoms with Crippen LogP contribution in [0.5, 0.6) is 0 Å². The first-order valence-corrected chi connectivity index (χ1v) is 5.96. The Labute approximate surface area is 90.6 Å². The lowest BCUT2D eigenvalue weighted by Crippen LogP contribution is -2.24. The smallest absolute Gasteiger partial charge is 0.0699 e. The molecule has 0 aromatic heterocycles. The lowest BCUT2D eigenvalue weighted by Gasteiger charge is -2.37. The molecule has 2 fully saturated rings. The third-order valence-corrected chi connectivity index (χ3v) is 3.93. The van der Waals surface area contributed by atoms with Gasteiger partial charge in [0, 0.05) is 0 Å². The Hall–Kier alpha value is -0.195. The minimum Gasteiger partial charge on any atom is -0.106 e. The average Bonchev–Trinajstić information content (AvgIpc) is 2.50. The molecule has 2 rings (SSSR count). The van der Waals surface area contributed by atoms with Crippen LogP contribution >= 0.6 is 0 Å². The van der Waals surface area contributed by atoms with Crippen molar-refractivity contribution >= 4 is 7.85 Å². The van der Waals surface area contributed by atoms with Crippen molar-refractivity contribution in [2.75, 3.05) is 0 Å². The molecular formula is C13H23B. The van der Waals surface area contributed by atoms with Crippen LogP contribution in [0.4, 0.5) is 0 Å². The van der Waals surface area contributed by atoms with Gasteiger partial charge in [-0.05, 0) is 30.6 Å². The van der Waals surface area contributed by atoms with E-state index < -0.39 is 0 Å². The van der Waals surface area contributed by atoms with Gasteiger partial charge >= 0.3 is 0 Å². The van der Waals surface area contributed by atoms with E-state index in [0.29, 0.717) is 11.2 Å². The second-order valence-electron chi connectivity index (χ2n) is 5.20. The quantitative estimate of drug-likeness (QED) is 0.398. The lowest BCUT2D eigenvalue weighted by molar-refractivity contribution is 0.153. The zero-order chi connectivity index (χ0) is 10.6. The van der Waals surface area contributed by atoms with Crippen molar-refractivity contribution in [3.8, 4) is 0 Å². The summed E-state index contributed by atoms with van der Waals surface area (Å²) in [5.74, 6) is 1.49. The Morgan fingerprint density at radius 2 is 1.86 bits per heavy atom. The summed E-state index contributed by atoms with van der Waals surface area (Å²) in [5, 5.41) is 0. The Balaban J connectivity index is 0.000000461. The summed E-state index contributed by atoms with van der Waals surface area (Å²) in [6, 6.07) is 0. The second-order valence-corrected chi connectivity index (χ2v) is 5.20. The van der Waals surface area contributed by atoms with Crippen LogP contribution in [-0.4, -0.2) is 7.85 Å². The predicted molar refractivity (Wildman–Crippen MR) is 64.7 cm³/mol. The van der Waals surface area contributed by atoms with Crippen molar-refractivity contribution in [3.63, 3.8) is 0 Å². The standard InChI is InChI=1S/C11H19B.C2H4/c1-9-3-2-5-11(7-9)6-4-10(12)8-11;1-2/h9-10H,2-8H2,1H3;1-2H2. The summed E-state index contributed by atoms with van der Waals surface area (Å²) < 4.78 is 0. The van der Waals surface area contributed by atoms with Crippen LogP contribution in [0.3, 0.4) is 0 Å². The Bertz CT molecular complexity index is 174. The SMILES string of the molecule is C=C.[B]C1CCC2(CCCC(C)C2)C1. The van der Waals surface area contributed by atoms with Gasteiger partial charge in [-0.25, -0.2) is 0 Å². The first-order chi connectivity index (χ1) is 6.70. The van der Waals surface area contributed by atoms with Crippen LogP contribution in [0.15, 0.2) is 13.2 Å². The fourth-order valence-electron chi connectivity index (χ4n) is 3.43. The molecule has 0 aliphatic heterocycles. The molecule has 0 nitrogen and oxygen atoms in total. The molecule has 0 N–H and O–H groups in total. The van der Waals surface area contributed by atoms with Crippen LogP contribution in [-0.2, 0) is 0 Å². The van der Waals surface area contributed by atoms with E-state index in [4.69, 9.17) is 7.85 Å². The first kappa shape index (κ1) is 11.9. The minimum absolute atomic E-state index is 0.523. The van der Waals surface area contributed by atoms with Gasteiger partial charge in [0.15, 0.2) is 0 Å². The zero-order valence-electron chi connectivity index (χ0n) is 9.60. The van der Waals surface area contributed by atoms with Gasteiger partial charge in [0.2, 0.25) is 0 Å². The van der Waals surface area contributed by atoms with E-state index in [1.807, 2.05) is 0 Å². The van der Waals surface area contributed by atoms with E-state index in [1.54, 1.807) is 0 Å². The molecule has 2 aliphatic rings. The minimum atomic E-state index is 0.523. The van der Waals surface area contributed by atoms with Gasteiger partial charge in [-0.1, -0.05) is 38.4 Å². The van der Waals surface area contributed by atoms with Crippen molar-refractivity contribution in [1.29, 1.82) is 0 Å². The molecule has 0 bridgehead atoms. The van der Waals surface area contributed by atoms with Crippen molar-refractivity contribution in [2.24, 2.45) is 11.3 Å². The highest BCUT2D eigenvalue weighted by Crippen LogP contribution is 2.53. The van der Waals surface area contributed by atoms with Crippen LogP contribution in [0.1, 0.15) is 51.9 Å². The van der Waals surface area contributed by atoms with Gasteiger partial charge in [-0.15, -0.1) is 13.2 Å². The Morgan fingerprint density at radius 3 is 2.36 bits per heavy atom. The second kappa shape index (κ2) is 5.05. The molecule has 1 spiro atoms. The summed E-state index contributed by atoms with van der Waals surface area (Å²) in [4.78, 5) is 0. The maximum Gasteiger partial charge on any atom is 0.0699 e. The van der Waals surface area contributed by atoms with E-state index in [9.17, 15) is 0 Å². The molecule has 78 valence electrons. The molecule has 1 heteroatoms. The first-order valence-electron chi connectivity index (χ1n) is 5.96. The van der Waals surface area contributed by atoms with E-state index in [1.165, 1.54) is 44.9 Å². The molecule has 14 heavy (non-hydrogen) atoms. The summed E-state index contributed by atoms with van der Waals surface area (Å²) in [5.41, 5.74) is 0.692. The summed E-state index contributed by atoms with van der Waals surface area (Å²) >= 11 is 0. The van der Waals surface area contributed by atoms with Crippen molar-refractivity contribution in [1.82, 2.24) is 0 Å². The largest absolute Gasteiger partial charge is 0.106 e. The van der Waals surface area contributed by atoms with Gasteiger partial charge in [-0.3, -0.25) is 0 Å². The molecule has 0 aromatic carbocycles. The topological polar surface area (TPSA) is 0 Å². The highest BCUT2D eigenvalue weighted by atomic mass is 14.4. The highest BCUT2D eigenvalue weighted by molar-refractivity contribution is 6.11. The molecule has 3 atom stereocenters. The summed E-state index contributed by atoms with van der Waals surface area (Å²) in [6.07, 6.45) is 9.85. The van der Waals surface area contributed by atoms with Gasteiger partial charge in [0.1, 0.15) is 0 Å². The van der Waals surface area contributed by atoms with Crippen LogP contribution in [0.2, 0.25) is 5.82 Å². The molecule has 2 saturated carbocycles. The van der Waals surface area contributed by atoms with Crippen LogP contribution in [0, 0.1) is 11.3 Å². The van der Waals surface area contributed by atoms with E-state index in [-0.39, 0.29) is 0 Å². The monoisotopic (exact) mass is 190 g/mol. The maximum atomic E-state index is 5.99. The molecule has 0 aromatic rings. The predicted octanol–water partition coefficient (Wildman–Crippen LogP) is 4.13. The highest BCUT2D eigenvalue weighted by Gasteiger charge is 2.39. The van der Waals surface area contributed by atoms with Gasteiger partial charge in [0.05, 0.1) is 7.85 Å². The Kier molecular flexibility index (Phi) is 4.28. The van der Waals surface area contributed by atoms with E-state index in [0.717, 1.165) is 5.92 Å². The average molecular weight is 190 g/mol. The lowest BCUT2D eigenvalue weighted by atomic mass is 9.67. The van der Waals surface area contributed by atoms with E-state index >= 15 is 0 Å². The Morgan fingerprint density at radius 1 is 1.14 bits per heavy atom. The molecule has 0 heterocycles. The summed E-state index contributed by atoms with van der Waals surface area (Å²) in [7, 11) is 5.99. The maximum absolute atomic E-state index is 5.99. The molecule has 0 saturated heterocycles. The number of hydrogen-bond acceptors (Lipinski definition) is 0. The van der Waals surface area contributed by atoms with Crippen molar-refractivity contribution in [2.45, 2.75) is 57.7 Å². The normalized spacial score (nSPS) is 41.8. The third-order valence-electron chi connectivity index (χ3n) is 3.93. The fraction of sp³-hybridized carbons (Fsp3) is 0.846. The fourth-order valence-corrected chi connectivity index (χ4v) is 3.43. The molecule has 0 amide bonds. The van der Waals surface area contributed by atoms with Crippen LogP contribution in [0.25, 0.3) is 0 Å². The number of hydrogen-bond donors (Lipinski definition) is 0. The molecular weight excluding hydrogens is 167 g/mol. The molecule has 3 unspecified atom stereocenters. The van der Waals surface area contributed by atoms with E-state index in [2.05, 4.69) is 20.1 Å². The van der Waals surface area contributed by atoms with Crippen LogP contribution < -0.4 is 0 Å². The van der Waals surface area contributed by atoms with Gasteiger partial charge < -0.3 is 0 Å². The third kappa shape index (κ3) is 2.65. The number of rotatable bonds is 0. The van der Waals surface area contributed by atoms with Crippen molar-refractivity contribution < 1.29 is 0 Å². The molecule has 2 aliphatic carbocycles. The summed E-state index contributed by atoms with van der Waals surface area (Å²) in [6.45, 7) is 8.41. The zero-order valence-corrected chi connectivity index (χ0v) is 9.60. The van der Waals surface area contributed by atoms with Gasteiger partial charge in [0.25, 0.3) is 0 Å². The van der Waals surface area contributed by atoms with Gasteiger partial charge in [-0.2, -0.15) is 0 Å². The molecule has 2 radical (unpaired) electrons.